The third-order valence-corrected chi connectivity index (χ3v) is 6.36. The van der Waals surface area contributed by atoms with Crippen LogP contribution in [0.1, 0.15) is 37.7 Å². The maximum Gasteiger partial charge on any atom is 0.220 e. The molecule has 2 aliphatic heterocycles. The van der Waals surface area contributed by atoms with Gasteiger partial charge in [0.25, 0.3) is 0 Å². The summed E-state index contributed by atoms with van der Waals surface area (Å²) >= 11 is 0. The van der Waals surface area contributed by atoms with Crippen molar-refractivity contribution in [1.29, 1.82) is 0 Å². The van der Waals surface area contributed by atoms with Gasteiger partial charge in [0.1, 0.15) is 5.66 Å². The summed E-state index contributed by atoms with van der Waals surface area (Å²) in [5.41, 5.74) is 14.3. The van der Waals surface area contributed by atoms with Crippen LogP contribution in [0.5, 0.6) is 0 Å². The second-order valence-electron chi connectivity index (χ2n) is 8.38. The van der Waals surface area contributed by atoms with Crippen LogP contribution in [0.2, 0.25) is 0 Å². The Morgan fingerprint density at radius 2 is 1.64 bits per heavy atom. The third kappa shape index (κ3) is 4.00. The normalized spacial score (nSPS) is 23.5. The Hall–Kier alpha value is -2.12. The minimum Gasteiger partial charge on any atom is -0.369 e. The molecule has 1 aromatic rings. The number of nitrogens with zero attached hydrogens (tertiary/aromatic N) is 5. The number of benzene rings is 1. The molecule has 28 heavy (non-hydrogen) atoms. The molecule has 152 valence electrons. The van der Waals surface area contributed by atoms with Crippen molar-refractivity contribution in [3.63, 3.8) is 0 Å². The average molecular weight is 384 g/mol. The topological polar surface area (TPSA) is 86.5 Å². The molecule has 1 saturated heterocycles. The Morgan fingerprint density at radius 1 is 0.964 bits per heavy atom. The number of rotatable bonds is 4. The van der Waals surface area contributed by atoms with Gasteiger partial charge in [-0.25, -0.2) is 4.99 Å². The van der Waals surface area contributed by atoms with Gasteiger partial charge in [-0.1, -0.05) is 18.6 Å². The van der Waals surface area contributed by atoms with Crippen LogP contribution in [0.15, 0.2) is 34.3 Å². The third-order valence-electron chi connectivity index (χ3n) is 6.36. The van der Waals surface area contributed by atoms with Crippen LogP contribution in [0.4, 0.5) is 5.69 Å². The minimum absolute atomic E-state index is 0.305. The van der Waals surface area contributed by atoms with Gasteiger partial charge in [-0.15, -0.1) is 0 Å². The smallest absolute Gasteiger partial charge is 0.220 e. The molecule has 0 bridgehead atoms. The van der Waals surface area contributed by atoms with E-state index in [4.69, 9.17) is 16.5 Å². The molecule has 7 heteroatoms. The second-order valence-corrected chi connectivity index (χ2v) is 8.38. The van der Waals surface area contributed by atoms with Crippen molar-refractivity contribution in [2.45, 2.75) is 44.2 Å². The Labute approximate surface area is 168 Å². The van der Waals surface area contributed by atoms with Gasteiger partial charge in [0.2, 0.25) is 11.9 Å². The molecule has 0 aromatic heterocycles. The standard InChI is InChI=1S/C21H33N7/c1-26-13-15-27(16-14-26)12-9-17-5-7-18(8-6-17)28-20(23)24-19(22)25-21(28)10-3-2-4-11-21/h5-8H,2-4,9-16H2,1H3,(H4,22,23,24,25). The average Bonchev–Trinajstić information content (AvgIpc) is 2.68. The summed E-state index contributed by atoms with van der Waals surface area (Å²) in [5, 5.41) is 0. The van der Waals surface area contributed by atoms with Gasteiger partial charge in [0, 0.05) is 38.4 Å². The Morgan fingerprint density at radius 3 is 2.32 bits per heavy atom. The lowest BCUT2D eigenvalue weighted by molar-refractivity contribution is 0.155. The van der Waals surface area contributed by atoms with E-state index in [1.807, 2.05) is 0 Å². The van der Waals surface area contributed by atoms with Gasteiger partial charge in [-0.05, 0) is 56.8 Å². The van der Waals surface area contributed by atoms with E-state index in [2.05, 4.69) is 51.0 Å². The first-order valence-electron chi connectivity index (χ1n) is 10.6. The summed E-state index contributed by atoms with van der Waals surface area (Å²) < 4.78 is 0. The maximum atomic E-state index is 6.32. The molecule has 0 amide bonds. The fourth-order valence-electron chi connectivity index (χ4n) is 4.67. The number of aliphatic imine (C=N–C) groups is 2. The van der Waals surface area contributed by atoms with Gasteiger partial charge in [0.05, 0.1) is 0 Å². The number of anilines is 1. The van der Waals surface area contributed by atoms with Crippen LogP contribution >= 0.6 is 0 Å². The molecule has 0 atom stereocenters. The lowest BCUT2D eigenvalue weighted by Gasteiger charge is -2.45. The molecule has 7 nitrogen and oxygen atoms in total. The summed E-state index contributed by atoms with van der Waals surface area (Å²) in [4.78, 5) is 16.1. The molecule has 4 rings (SSSR count). The van der Waals surface area contributed by atoms with Crippen molar-refractivity contribution in [2.24, 2.45) is 21.5 Å². The molecule has 0 radical (unpaired) electrons. The van der Waals surface area contributed by atoms with Crippen LogP contribution < -0.4 is 16.4 Å². The van der Waals surface area contributed by atoms with E-state index in [9.17, 15) is 0 Å². The van der Waals surface area contributed by atoms with Crippen molar-refractivity contribution in [1.82, 2.24) is 9.80 Å². The number of hydrogen-bond acceptors (Lipinski definition) is 7. The summed E-state index contributed by atoms with van der Waals surface area (Å²) in [6.45, 7) is 5.77. The highest BCUT2D eigenvalue weighted by Gasteiger charge is 2.42. The molecule has 1 spiro atoms. The highest BCUT2D eigenvalue weighted by Crippen LogP contribution is 2.39. The first-order valence-corrected chi connectivity index (χ1v) is 10.6. The summed E-state index contributed by atoms with van der Waals surface area (Å²) in [7, 11) is 2.20. The van der Waals surface area contributed by atoms with E-state index in [-0.39, 0.29) is 5.66 Å². The van der Waals surface area contributed by atoms with Gasteiger partial charge >= 0.3 is 0 Å². The van der Waals surface area contributed by atoms with Gasteiger partial charge < -0.3 is 21.3 Å². The van der Waals surface area contributed by atoms with Crippen molar-refractivity contribution in [3.8, 4) is 0 Å². The zero-order valence-corrected chi connectivity index (χ0v) is 17.0. The zero-order chi connectivity index (χ0) is 19.6. The first-order chi connectivity index (χ1) is 13.6. The van der Waals surface area contributed by atoms with Crippen LogP contribution in [-0.2, 0) is 6.42 Å². The highest BCUT2D eigenvalue weighted by molar-refractivity contribution is 6.05. The molecule has 1 aliphatic carbocycles. The van der Waals surface area contributed by atoms with Crippen molar-refractivity contribution in [3.05, 3.63) is 29.8 Å². The van der Waals surface area contributed by atoms with Crippen molar-refractivity contribution in [2.75, 3.05) is 44.7 Å². The fourth-order valence-corrected chi connectivity index (χ4v) is 4.67. The lowest BCUT2D eigenvalue weighted by atomic mass is 9.87. The number of piperazine rings is 1. The fraction of sp³-hybridized carbons (Fsp3) is 0.619. The summed E-state index contributed by atoms with van der Waals surface area (Å²) in [6, 6.07) is 8.76. The highest BCUT2D eigenvalue weighted by atomic mass is 15.4. The largest absolute Gasteiger partial charge is 0.369 e. The molecule has 1 aromatic carbocycles. The van der Waals surface area contributed by atoms with Crippen LogP contribution in [0, 0.1) is 0 Å². The molecular weight excluding hydrogens is 350 g/mol. The SMILES string of the molecule is CN1CCN(CCc2ccc(N3C(N)=NC(N)=NC34CCCCC4)cc2)CC1. The van der Waals surface area contributed by atoms with E-state index in [1.165, 1.54) is 12.0 Å². The van der Waals surface area contributed by atoms with Crippen molar-refractivity contribution >= 4 is 17.6 Å². The number of nitrogens with two attached hydrogens (primary N) is 2. The first kappa shape index (κ1) is 19.2. The quantitative estimate of drug-likeness (QED) is 0.824. The van der Waals surface area contributed by atoms with Crippen LogP contribution in [0.3, 0.4) is 0 Å². The van der Waals surface area contributed by atoms with E-state index < -0.39 is 0 Å². The number of guanidine groups is 2. The Bertz CT molecular complexity index is 726. The van der Waals surface area contributed by atoms with E-state index in [0.29, 0.717) is 11.9 Å². The summed E-state index contributed by atoms with van der Waals surface area (Å²) in [6.07, 6.45) is 6.54. The molecule has 3 aliphatic rings. The van der Waals surface area contributed by atoms with E-state index >= 15 is 0 Å². The predicted molar refractivity (Wildman–Crippen MR) is 116 cm³/mol. The van der Waals surface area contributed by atoms with Gasteiger partial charge in [-0.2, -0.15) is 4.99 Å². The molecule has 0 unspecified atom stereocenters. The molecule has 4 N–H and O–H groups in total. The van der Waals surface area contributed by atoms with Crippen LogP contribution in [-0.4, -0.2) is 67.2 Å². The molecule has 2 fully saturated rings. The number of likely N-dealkylation sites (N-methyl/N-ethyl adjacent to an activating group) is 1. The van der Waals surface area contributed by atoms with E-state index in [1.54, 1.807) is 0 Å². The molecule has 1 saturated carbocycles. The van der Waals surface area contributed by atoms with Crippen molar-refractivity contribution < 1.29 is 0 Å². The van der Waals surface area contributed by atoms with E-state index in [0.717, 1.165) is 70.5 Å². The molecular formula is C21H33N7. The Balaban J connectivity index is 1.45. The summed E-state index contributed by atoms with van der Waals surface area (Å²) in [5.74, 6) is 0.763. The van der Waals surface area contributed by atoms with Gasteiger partial charge in [0.15, 0.2) is 0 Å². The van der Waals surface area contributed by atoms with Crippen LogP contribution in [0.25, 0.3) is 0 Å². The number of hydrogen-bond donors (Lipinski definition) is 2. The second kappa shape index (κ2) is 8.09. The zero-order valence-electron chi connectivity index (χ0n) is 17.0. The Kier molecular flexibility index (Phi) is 5.55. The monoisotopic (exact) mass is 383 g/mol. The minimum atomic E-state index is -0.366. The molecule has 2 heterocycles. The van der Waals surface area contributed by atoms with Gasteiger partial charge in [-0.3, -0.25) is 4.90 Å². The predicted octanol–water partition coefficient (Wildman–Crippen LogP) is 1.59. The lowest BCUT2D eigenvalue weighted by Crippen LogP contribution is -2.58. The maximum absolute atomic E-state index is 6.32.